The van der Waals surface area contributed by atoms with E-state index in [1.807, 2.05) is 0 Å². The van der Waals surface area contributed by atoms with Gasteiger partial charge in [0.05, 0.1) is 0 Å². The van der Waals surface area contributed by atoms with Gasteiger partial charge in [0, 0.05) is 18.6 Å². The maximum absolute atomic E-state index is 12.6. The van der Waals surface area contributed by atoms with Crippen molar-refractivity contribution < 1.29 is 31.9 Å². The van der Waals surface area contributed by atoms with Gasteiger partial charge in [0.15, 0.2) is 0 Å². The highest BCUT2D eigenvalue weighted by molar-refractivity contribution is 5.84. The SMILES string of the molecule is O=C(NC1CCCC1CO)C(F)(F)C(F)(F)F. The number of hydrogen-bond donors (Lipinski definition) is 2. The lowest BCUT2D eigenvalue weighted by Gasteiger charge is -2.24. The zero-order valence-corrected chi connectivity index (χ0v) is 8.73. The highest BCUT2D eigenvalue weighted by atomic mass is 19.4. The molecule has 8 heteroatoms. The first kappa shape index (κ1) is 14.1. The summed E-state index contributed by atoms with van der Waals surface area (Å²) in [7, 11) is 0. The minimum Gasteiger partial charge on any atom is -0.396 e. The van der Waals surface area contributed by atoms with Gasteiger partial charge in [-0.3, -0.25) is 4.79 Å². The van der Waals surface area contributed by atoms with Crippen molar-refractivity contribution in [2.75, 3.05) is 6.61 Å². The Kier molecular flexibility index (Phi) is 3.95. The maximum atomic E-state index is 12.6. The van der Waals surface area contributed by atoms with Gasteiger partial charge in [-0.2, -0.15) is 22.0 Å². The van der Waals surface area contributed by atoms with Gasteiger partial charge in [0.25, 0.3) is 0 Å². The summed E-state index contributed by atoms with van der Waals surface area (Å²) in [4.78, 5) is 10.9. The fourth-order valence-corrected chi connectivity index (χ4v) is 1.83. The van der Waals surface area contributed by atoms with Gasteiger partial charge >= 0.3 is 18.0 Å². The predicted molar refractivity (Wildman–Crippen MR) is 47.4 cm³/mol. The Morgan fingerprint density at radius 1 is 1.24 bits per heavy atom. The van der Waals surface area contributed by atoms with E-state index in [2.05, 4.69) is 0 Å². The molecule has 1 saturated carbocycles. The maximum Gasteiger partial charge on any atom is 0.463 e. The summed E-state index contributed by atoms with van der Waals surface area (Å²) in [6, 6.07) is -0.819. The van der Waals surface area contributed by atoms with E-state index in [4.69, 9.17) is 5.11 Å². The molecule has 2 N–H and O–H groups in total. The second kappa shape index (κ2) is 4.75. The fourth-order valence-electron chi connectivity index (χ4n) is 1.83. The van der Waals surface area contributed by atoms with Crippen LogP contribution < -0.4 is 5.32 Å². The zero-order chi connectivity index (χ0) is 13.3. The molecule has 0 aromatic rings. The number of amides is 1. The first-order chi connectivity index (χ1) is 7.70. The monoisotopic (exact) mass is 261 g/mol. The Morgan fingerprint density at radius 3 is 2.29 bits per heavy atom. The summed E-state index contributed by atoms with van der Waals surface area (Å²) in [5.74, 6) is -8.20. The molecular formula is C9H12F5NO2. The molecule has 0 aromatic carbocycles. The van der Waals surface area contributed by atoms with Gasteiger partial charge in [0.2, 0.25) is 0 Å². The number of aliphatic hydroxyl groups excluding tert-OH is 1. The van der Waals surface area contributed by atoms with Crippen LogP contribution in [0.2, 0.25) is 0 Å². The molecule has 0 saturated heterocycles. The predicted octanol–water partition coefficient (Wildman–Crippen LogP) is 1.46. The van der Waals surface area contributed by atoms with Gasteiger partial charge in [-0.25, -0.2) is 0 Å². The minimum atomic E-state index is -5.90. The van der Waals surface area contributed by atoms with Crippen molar-refractivity contribution in [1.82, 2.24) is 5.32 Å². The third kappa shape index (κ3) is 2.85. The summed E-state index contributed by atoms with van der Waals surface area (Å²) in [5.41, 5.74) is 0. The molecule has 0 heterocycles. The quantitative estimate of drug-likeness (QED) is 0.756. The molecule has 2 atom stereocenters. The fraction of sp³-hybridized carbons (Fsp3) is 0.889. The van der Waals surface area contributed by atoms with Crippen LogP contribution in [0.3, 0.4) is 0 Å². The van der Waals surface area contributed by atoms with E-state index in [1.54, 1.807) is 5.32 Å². The van der Waals surface area contributed by atoms with Crippen molar-refractivity contribution in [3.05, 3.63) is 0 Å². The molecule has 2 unspecified atom stereocenters. The smallest absolute Gasteiger partial charge is 0.396 e. The van der Waals surface area contributed by atoms with E-state index in [0.29, 0.717) is 19.3 Å². The molecule has 1 aliphatic rings. The molecule has 1 amide bonds. The van der Waals surface area contributed by atoms with E-state index in [-0.39, 0.29) is 6.61 Å². The average Bonchev–Trinajstić information content (AvgIpc) is 2.63. The zero-order valence-electron chi connectivity index (χ0n) is 8.73. The van der Waals surface area contributed by atoms with E-state index in [9.17, 15) is 26.7 Å². The number of rotatable bonds is 3. The Hall–Kier alpha value is -0.920. The molecule has 0 bridgehead atoms. The van der Waals surface area contributed by atoms with Crippen molar-refractivity contribution in [3.8, 4) is 0 Å². The minimum absolute atomic E-state index is 0.297. The van der Waals surface area contributed by atoms with Crippen LogP contribution in [0.15, 0.2) is 0 Å². The Bertz CT molecular complexity index is 292. The summed E-state index contributed by atoms with van der Waals surface area (Å²) >= 11 is 0. The molecule has 0 aliphatic heterocycles. The topological polar surface area (TPSA) is 49.3 Å². The van der Waals surface area contributed by atoms with Crippen LogP contribution in [0.5, 0.6) is 0 Å². The van der Waals surface area contributed by atoms with Gasteiger partial charge in [-0.1, -0.05) is 6.42 Å². The molecule has 1 rings (SSSR count). The van der Waals surface area contributed by atoms with Crippen molar-refractivity contribution in [3.63, 3.8) is 0 Å². The van der Waals surface area contributed by atoms with E-state index in [0.717, 1.165) is 0 Å². The summed E-state index contributed by atoms with van der Waals surface area (Å²) in [6.45, 7) is -0.345. The molecule has 0 spiro atoms. The Morgan fingerprint density at radius 2 is 1.82 bits per heavy atom. The lowest BCUT2D eigenvalue weighted by Crippen LogP contribution is -2.53. The summed E-state index contributed by atoms with van der Waals surface area (Å²) < 4.78 is 60.8. The molecule has 0 aromatic heterocycles. The van der Waals surface area contributed by atoms with Gasteiger partial charge < -0.3 is 10.4 Å². The second-order valence-electron chi connectivity index (χ2n) is 4.03. The van der Waals surface area contributed by atoms with Crippen LogP contribution in [-0.4, -0.2) is 35.8 Å². The molecule has 17 heavy (non-hydrogen) atoms. The average molecular weight is 261 g/mol. The van der Waals surface area contributed by atoms with Crippen molar-refractivity contribution >= 4 is 5.91 Å². The largest absolute Gasteiger partial charge is 0.463 e. The third-order valence-corrected chi connectivity index (χ3v) is 2.85. The Balaban J connectivity index is 2.66. The molecule has 100 valence electrons. The lowest BCUT2D eigenvalue weighted by molar-refractivity contribution is -0.270. The Labute approximate surface area is 94.0 Å². The highest BCUT2D eigenvalue weighted by Crippen LogP contribution is 2.36. The number of nitrogens with one attached hydrogen (secondary N) is 1. The standard InChI is InChI=1S/C9H12F5NO2/c10-8(11,9(12,13)14)7(17)15-6-3-1-2-5(6)4-16/h5-6,16H,1-4H2,(H,15,17). The van der Waals surface area contributed by atoms with Crippen molar-refractivity contribution in [2.45, 2.75) is 37.4 Å². The molecular weight excluding hydrogens is 249 g/mol. The van der Waals surface area contributed by atoms with Crippen LogP contribution in [0, 0.1) is 5.92 Å². The first-order valence-corrected chi connectivity index (χ1v) is 5.06. The van der Waals surface area contributed by atoms with Crippen LogP contribution >= 0.6 is 0 Å². The number of carbonyl (C=O) groups excluding carboxylic acids is 1. The first-order valence-electron chi connectivity index (χ1n) is 5.06. The number of hydrogen-bond acceptors (Lipinski definition) is 2. The molecule has 3 nitrogen and oxygen atoms in total. The summed E-state index contributed by atoms with van der Waals surface area (Å²) in [6.07, 6.45) is -4.53. The van der Waals surface area contributed by atoms with Crippen LogP contribution in [-0.2, 0) is 4.79 Å². The van der Waals surface area contributed by atoms with Crippen molar-refractivity contribution in [1.29, 1.82) is 0 Å². The molecule has 1 fully saturated rings. The third-order valence-electron chi connectivity index (χ3n) is 2.85. The van der Waals surface area contributed by atoms with Crippen LogP contribution in [0.4, 0.5) is 22.0 Å². The lowest BCUT2D eigenvalue weighted by atomic mass is 10.0. The van der Waals surface area contributed by atoms with Gasteiger partial charge in [0.1, 0.15) is 0 Å². The van der Waals surface area contributed by atoms with E-state index in [1.165, 1.54) is 0 Å². The van der Waals surface area contributed by atoms with Crippen molar-refractivity contribution in [2.24, 2.45) is 5.92 Å². The van der Waals surface area contributed by atoms with E-state index >= 15 is 0 Å². The second-order valence-corrected chi connectivity index (χ2v) is 4.03. The molecule has 0 radical (unpaired) electrons. The van der Waals surface area contributed by atoms with Gasteiger partial charge in [-0.15, -0.1) is 0 Å². The normalized spacial score (nSPS) is 26.0. The number of alkyl halides is 5. The van der Waals surface area contributed by atoms with Gasteiger partial charge in [-0.05, 0) is 12.8 Å². The number of halogens is 5. The molecule has 1 aliphatic carbocycles. The summed E-state index contributed by atoms with van der Waals surface area (Å²) in [5, 5.41) is 10.5. The van der Waals surface area contributed by atoms with Crippen LogP contribution in [0.25, 0.3) is 0 Å². The number of carbonyl (C=O) groups is 1. The number of aliphatic hydroxyl groups is 1. The van der Waals surface area contributed by atoms with Crippen LogP contribution in [0.1, 0.15) is 19.3 Å². The highest BCUT2D eigenvalue weighted by Gasteiger charge is 2.63. The van der Waals surface area contributed by atoms with E-state index < -0.39 is 30.0 Å².